The molecule has 0 aliphatic carbocycles. The third kappa shape index (κ3) is 2.39. The molecule has 6 heteroatoms. The van der Waals surface area contributed by atoms with Crippen LogP contribution in [0, 0.1) is 5.92 Å². The number of carbonyl (C=O) groups is 2. The van der Waals surface area contributed by atoms with E-state index >= 15 is 0 Å². The number of carbonyl (C=O) groups excluding carboxylic acids is 2. The molecule has 2 unspecified atom stereocenters. The number of hydrogen-bond acceptors (Lipinski definition) is 4. The molecule has 2 atom stereocenters. The van der Waals surface area contributed by atoms with Gasteiger partial charge in [0.2, 0.25) is 11.8 Å². The van der Waals surface area contributed by atoms with Crippen molar-refractivity contribution in [2.75, 3.05) is 0 Å². The van der Waals surface area contributed by atoms with Crippen molar-refractivity contribution in [1.29, 1.82) is 0 Å². The normalized spacial score (nSPS) is 28.1. The number of amides is 2. The predicted octanol–water partition coefficient (Wildman–Crippen LogP) is 3.82. The van der Waals surface area contributed by atoms with E-state index in [1.165, 1.54) is 11.8 Å². The highest BCUT2D eigenvalue weighted by Gasteiger charge is 2.64. The van der Waals surface area contributed by atoms with Crippen LogP contribution in [-0.4, -0.2) is 37.4 Å². The third-order valence-corrected chi connectivity index (χ3v) is 7.35. The van der Waals surface area contributed by atoms with Gasteiger partial charge in [0.1, 0.15) is 9.86 Å². The Morgan fingerprint density at radius 3 is 2.63 bits per heavy atom. The molecule has 1 fully saturated rings. The maximum Gasteiger partial charge on any atom is 0.242 e. The molecule has 0 aromatic heterocycles. The Kier molecular flexibility index (Phi) is 4.13. The fraction of sp³-hybridized carbons (Fsp3) is 0.381. The first-order valence-corrected chi connectivity index (χ1v) is 10.3. The Hall–Kier alpha value is -1.92. The lowest BCUT2D eigenvalue weighted by Crippen LogP contribution is -2.65. The van der Waals surface area contributed by atoms with Crippen molar-refractivity contribution >= 4 is 40.8 Å². The van der Waals surface area contributed by atoms with Crippen LogP contribution in [0.25, 0.3) is 0 Å². The molecule has 3 aliphatic rings. The van der Waals surface area contributed by atoms with Crippen LogP contribution in [0.5, 0.6) is 0 Å². The molecule has 4 nitrogen and oxygen atoms in total. The highest BCUT2D eigenvalue weighted by molar-refractivity contribution is 8.02. The molecule has 1 saturated heterocycles. The van der Waals surface area contributed by atoms with Crippen LogP contribution < -0.4 is 0 Å². The molecule has 0 N–H and O–H groups in total. The lowest BCUT2D eigenvalue weighted by Gasteiger charge is -2.54. The summed E-state index contributed by atoms with van der Waals surface area (Å²) in [4.78, 5) is 29.8. The van der Waals surface area contributed by atoms with E-state index in [9.17, 15) is 9.59 Å². The van der Waals surface area contributed by atoms with Crippen LogP contribution in [0.1, 0.15) is 38.8 Å². The van der Waals surface area contributed by atoms with Crippen molar-refractivity contribution in [2.45, 2.75) is 43.4 Å². The zero-order valence-corrected chi connectivity index (χ0v) is 17.4. The SMILES string of the molecule is CC(C)C(=O)N1C(=S)c2ccccc2C12SC(C)(C)C(=O)N1C=CC=CC12. The van der Waals surface area contributed by atoms with Crippen LogP contribution in [0.3, 0.4) is 0 Å². The first-order chi connectivity index (χ1) is 12.7. The van der Waals surface area contributed by atoms with E-state index in [0.717, 1.165) is 11.1 Å². The topological polar surface area (TPSA) is 40.6 Å². The number of nitrogens with zero attached hydrogens (tertiary/aromatic N) is 2. The van der Waals surface area contributed by atoms with Gasteiger partial charge >= 0.3 is 0 Å². The van der Waals surface area contributed by atoms with Crippen LogP contribution in [0.4, 0.5) is 0 Å². The lowest BCUT2D eigenvalue weighted by molar-refractivity contribution is -0.139. The molecule has 3 aliphatic heterocycles. The molecule has 1 spiro atoms. The van der Waals surface area contributed by atoms with E-state index in [1.54, 1.807) is 9.80 Å². The summed E-state index contributed by atoms with van der Waals surface area (Å²) in [6.07, 6.45) is 7.63. The second-order valence-corrected chi connectivity index (χ2v) is 10.1. The van der Waals surface area contributed by atoms with Crippen molar-refractivity contribution in [1.82, 2.24) is 9.80 Å². The third-order valence-electron chi connectivity index (χ3n) is 5.31. The Morgan fingerprint density at radius 2 is 1.93 bits per heavy atom. The van der Waals surface area contributed by atoms with Gasteiger partial charge in [-0.05, 0) is 19.9 Å². The molecule has 0 radical (unpaired) electrons. The van der Waals surface area contributed by atoms with Crippen LogP contribution >= 0.6 is 24.0 Å². The van der Waals surface area contributed by atoms with Gasteiger partial charge in [0, 0.05) is 23.2 Å². The smallest absolute Gasteiger partial charge is 0.242 e. The summed E-state index contributed by atoms with van der Waals surface area (Å²) in [5.74, 6) is -0.181. The molecule has 1 aromatic carbocycles. The number of thiocarbonyl (C=S) groups is 1. The van der Waals surface area contributed by atoms with Crippen LogP contribution in [-0.2, 0) is 14.5 Å². The summed E-state index contributed by atoms with van der Waals surface area (Å²) >= 11 is 7.32. The van der Waals surface area contributed by atoms with Crippen molar-refractivity contribution in [3.63, 3.8) is 0 Å². The van der Waals surface area contributed by atoms with Crippen LogP contribution in [0.15, 0.2) is 48.7 Å². The molecule has 0 bridgehead atoms. The highest BCUT2D eigenvalue weighted by Crippen LogP contribution is 2.59. The number of hydrogen-bond donors (Lipinski definition) is 0. The van der Waals surface area contributed by atoms with Crippen LogP contribution in [0.2, 0.25) is 0 Å². The maximum atomic E-state index is 13.3. The highest BCUT2D eigenvalue weighted by atomic mass is 32.2. The minimum Gasteiger partial charge on any atom is -0.307 e. The van der Waals surface area contributed by atoms with E-state index in [2.05, 4.69) is 0 Å². The number of allylic oxidation sites excluding steroid dienone is 2. The van der Waals surface area contributed by atoms with Crippen molar-refractivity contribution in [3.05, 3.63) is 59.8 Å². The lowest BCUT2D eigenvalue weighted by atomic mass is 9.92. The minimum absolute atomic E-state index is 0.0169. The van der Waals surface area contributed by atoms with Gasteiger partial charge in [-0.2, -0.15) is 0 Å². The second kappa shape index (κ2) is 6.04. The molecule has 4 rings (SSSR count). The molecule has 2 amide bonds. The standard InChI is InChI=1S/C21H22N2O2S2/c1-13(2)17(24)23-18(26)14-9-5-6-10-15(14)21(23)16-11-7-8-12-22(16)19(25)20(3,4)27-21/h5-13,16H,1-4H3. The number of benzene rings is 1. The van der Waals surface area contributed by atoms with Gasteiger partial charge in [0.05, 0.1) is 10.8 Å². The summed E-state index contributed by atoms with van der Waals surface area (Å²) in [6.45, 7) is 7.62. The quantitative estimate of drug-likeness (QED) is 0.675. The second-order valence-electron chi connectivity index (χ2n) is 7.87. The zero-order valence-electron chi connectivity index (χ0n) is 15.8. The van der Waals surface area contributed by atoms with E-state index in [0.29, 0.717) is 4.99 Å². The predicted molar refractivity (Wildman–Crippen MR) is 112 cm³/mol. The average molecular weight is 399 g/mol. The van der Waals surface area contributed by atoms with Gasteiger partial charge < -0.3 is 4.90 Å². The van der Waals surface area contributed by atoms with Crippen molar-refractivity contribution < 1.29 is 9.59 Å². The maximum absolute atomic E-state index is 13.3. The van der Waals surface area contributed by atoms with Gasteiger partial charge in [-0.25, -0.2) is 0 Å². The largest absolute Gasteiger partial charge is 0.307 e. The van der Waals surface area contributed by atoms with Crippen molar-refractivity contribution in [3.8, 4) is 0 Å². The van der Waals surface area contributed by atoms with E-state index in [1.807, 2.05) is 76.4 Å². The minimum atomic E-state index is -0.770. The fourth-order valence-electron chi connectivity index (χ4n) is 4.10. The first kappa shape index (κ1) is 18.4. The Balaban J connectivity index is 2.02. The molecule has 27 heavy (non-hydrogen) atoms. The van der Waals surface area contributed by atoms with Gasteiger partial charge in [-0.15, -0.1) is 11.8 Å². The molecular weight excluding hydrogens is 376 g/mol. The van der Waals surface area contributed by atoms with Gasteiger partial charge in [0.15, 0.2) is 0 Å². The number of thioether (sulfide) groups is 1. The Bertz CT molecular complexity index is 919. The summed E-state index contributed by atoms with van der Waals surface area (Å²) in [5, 5.41) is 0. The number of rotatable bonds is 1. The molecule has 140 valence electrons. The summed E-state index contributed by atoms with van der Waals surface area (Å²) in [7, 11) is 0. The zero-order chi connectivity index (χ0) is 19.6. The summed E-state index contributed by atoms with van der Waals surface area (Å²) < 4.78 is -0.700. The number of fused-ring (bicyclic) bond motifs is 4. The van der Waals surface area contributed by atoms with E-state index in [4.69, 9.17) is 12.2 Å². The molecule has 3 heterocycles. The summed E-state index contributed by atoms with van der Waals surface area (Å²) in [6, 6.07) is 7.63. The Morgan fingerprint density at radius 1 is 1.22 bits per heavy atom. The van der Waals surface area contributed by atoms with E-state index in [-0.39, 0.29) is 23.8 Å². The molecule has 1 aromatic rings. The van der Waals surface area contributed by atoms with Crippen molar-refractivity contribution in [2.24, 2.45) is 5.92 Å². The van der Waals surface area contributed by atoms with Gasteiger partial charge in [-0.3, -0.25) is 14.5 Å². The van der Waals surface area contributed by atoms with E-state index < -0.39 is 9.62 Å². The van der Waals surface area contributed by atoms with Gasteiger partial charge in [-0.1, -0.05) is 62.5 Å². The first-order valence-electron chi connectivity index (χ1n) is 9.07. The average Bonchev–Trinajstić information content (AvgIpc) is 2.88. The van der Waals surface area contributed by atoms with Gasteiger partial charge in [0.25, 0.3) is 0 Å². The summed E-state index contributed by atoms with van der Waals surface area (Å²) in [5.41, 5.74) is 1.91. The monoisotopic (exact) mass is 398 g/mol. The Labute approximate surface area is 169 Å². The fourth-order valence-corrected chi connectivity index (χ4v) is 6.42. The molecule has 0 saturated carbocycles. The molecular formula is C21H22N2O2S2.